The standard InChI is InChI=1S/C24H27N3O2S/c1-16-11-12-21(17(2)15-16)27-23(29)19-9-5-6-10-20(19)25-24(27)30-18(3)22(28)26-13-7-4-8-14-26/h5-6,9-12,15,18H,4,7-8,13-14H2,1-3H3/t18-/m0/s1. The van der Waals surface area contributed by atoms with Crippen LogP contribution < -0.4 is 5.56 Å². The number of piperidine rings is 1. The lowest BCUT2D eigenvalue weighted by Crippen LogP contribution is -2.40. The monoisotopic (exact) mass is 421 g/mol. The van der Waals surface area contributed by atoms with Crippen molar-refractivity contribution in [3.8, 4) is 5.69 Å². The number of hydrogen-bond donors (Lipinski definition) is 0. The lowest BCUT2D eigenvalue weighted by molar-refractivity contribution is -0.131. The van der Waals surface area contributed by atoms with Crippen molar-refractivity contribution < 1.29 is 4.79 Å². The zero-order valence-corrected chi connectivity index (χ0v) is 18.5. The number of para-hydroxylation sites is 1. The Morgan fingerprint density at radius 3 is 2.53 bits per heavy atom. The first-order valence-corrected chi connectivity index (χ1v) is 11.4. The smallest absolute Gasteiger partial charge is 0.266 e. The van der Waals surface area contributed by atoms with Crippen LogP contribution in [0.5, 0.6) is 0 Å². The first-order valence-electron chi connectivity index (χ1n) is 10.5. The fourth-order valence-corrected chi connectivity index (χ4v) is 5.04. The summed E-state index contributed by atoms with van der Waals surface area (Å²) < 4.78 is 1.67. The molecule has 0 radical (unpaired) electrons. The lowest BCUT2D eigenvalue weighted by atomic mass is 10.1. The summed E-state index contributed by atoms with van der Waals surface area (Å²) >= 11 is 1.37. The summed E-state index contributed by atoms with van der Waals surface area (Å²) in [7, 11) is 0. The van der Waals surface area contributed by atoms with Crippen molar-refractivity contribution in [3.05, 3.63) is 63.9 Å². The number of hydrogen-bond acceptors (Lipinski definition) is 4. The molecule has 156 valence electrons. The van der Waals surface area contributed by atoms with Gasteiger partial charge in [-0.3, -0.25) is 14.2 Å². The largest absolute Gasteiger partial charge is 0.342 e. The Morgan fingerprint density at radius 1 is 1.07 bits per heavy atom. The van der Waals surface area contributed by atoms with Gasteiger partial charge in [0.05, 0.1) is 21.8 Å². The highest BCUT2D eigenvalue weighted by atomic mass is 32.2. The van der Waals surface area contributed by atoms with Gasteiger partial charge in [0.15, 0.2) is 5.16 Å². The van der Waals surface area contributed by atoms with Crippen LogP contribution in [0.3, 0.4) is 0 Å². The quantitative estimate of drug-likeness (QED) is 0.460. The Balaban J connectivity index is 1.79. The normalized spacial score (nSPS) is 15.4. The Morgan fingerprint density at radius 2 is 1.80 bits per heavy atom. The van der Waals surface area contributed by atoms with E-state index >= 15 is 0 Å². The van der Waals surface area contributed by atoms with Gasteiger partial charge in [-0.15, -0.1) is 0 Å². The van der Waals surface area contributed by atoms with E-state index in [-0.39, 0.29) is 16.7 Å². The summed E-state index contributed by atoms with van der Waals surface area (Å²) in [6.45, 7) is 7.58. The van der Waals surface area contributed by atoms with Gasteiger partial charge in [0.1, 0.15) is 0 Å². The third-order valence-corrected chi connectivity index (χ3v) is 6.68. The molecule has 0 bridgehead atoms. The van der Waals surface area contributed by atoms with E-state index in [1.54, 1.807) is 10.6 Å². The molecule has 1 amide bonds. The first kappa shape index (κ1) is 20.7. The molecule has 1 saturated heterocycles. The topological polar surface area (TPSA) is 55.2 Å². The van der Waals surface area contributed by atoms with Gasteiger partial charge in [-0.05, 0) is 63.8 Å². The number of amides is 1. The van der Waals surface area contributed by atoms with Gasteiger partial charge < -0.3 is 4.90 Å². The molecule has 1 aliphatic rings. The summed E-state index contributed by atoms with van der Waals surface area (Å²) in [6, 6.07) is 13.4. The van der Waals surface area contributed by atoms with Gasteiger partial charge in [0, 0.05) is 13.1 Å². The van der Waals surface area contributed by atoms with Crippen LogP contribution in [0.15, 0.2) is 52.4 Å². The van der Waals surface area contributed by atoms with Crippen LogP contribution in [-0.2, 0) is 4.79 Å². The highest BCUT2D eigenvalue weighted by molar-refractivity contribution is 8.00. The molecule has 1 aliphatic heterocycles. The first-order chi connectivity index (χ1) is 14.5. The van der Waals surface area contributed by atoms with Crippen LogP contribution in [0.4, 0.5) is 0 Å². The maximum Gasteiger partial charge on any atom is 0.266 e. The van der Waals surface area contributed by atoms with E-state index in [9.17, 15) is 9.59 Å². The fraction of sp³-hybridized carbons (Fsp3) is 0.375. The number of rotatable bonds is 4. The van der Waals surface area contributed by atoms with Gasteiger partial charge in [-0.1, -0.05) is 41.6 Å². The molecule has 0 spiro atoms. The van der Waals surface area contributed by atoms with E-state index in [4.69, 9.17) is 4.98 Å². The molecule has 6 heteroatoms. The summed E-state index contributed by atoms with van der Waals surface area (Å²) in [5.41, 5.74) is 3.51. The summed E-state index contributed by atoms with van der Waals surface area (Å²) in [5.74, 6) is 0.120. The van der Waals surface area contributed by atoms with E-state index in [1.165, 1.54) is 18.2 Å². The molecule has 3 aromatic rings. The van der Waals surface area contributed by atoms with Gasteiger partial charge in [-0.25, -0.2) is 4.98 Å². The average Bonchev–Trinajstić information content (AvgIpc) is 2.75. The van der Waals surface area contributed by atoms with Crippen LogP contribution >= 0.6 is 11.8 Å². The molecule has 2 heterocycles. The Labute approximate surface area is 181 Å². The van der Waals surface area contributed by atoms with Gasteiger partial charge in [0.2, 0.25) is 5.91 Å². The highest BCUT2D eigenvalue weighted by Crippen LogP contribution is 2.28. The van der Waals surface area contributed by atoms with Crippen LogP contribution in [-0.4, -0.2) is 38.7 Å². The molecule has 0 unspecified atom stereocenters. The number of thioether (sulfide) groups is 1. The molecule has 2 aromatic carbocycles. The van der Waals surface area contributed by atoms with Crippen molar-refractivity contribution in [2.75, 3.05) is 13.1 Å². The zero-order chi connectivity index (χ0) is 21.3. The number of aryl methyl sites for hydroxylation is 2. The molecule has 5 nitrogen and oxygen atoms in total. The molecule has 1 fully saturated rings. The van der Waals surface area contributed by atoms with Crippen LogP contribution in [0.25, 0.3) is 16.6 Å². The molecular formula is C24H27N3O2S. The number of carbonyl (C=O) groups excluding carboxylic acids is 1. The van der Waals surface area contributed by atoms with Crippen molar-refractivity contribution >= 4 is 28.6 Å². The molecule has 0 saturated carbocycles. The van der Waals surface area contributed by atoms with Gasteiger partial charge >= 0.3 is 0 Å². The van der Waals surface area contributed by atoms with Gasteiger partial charge in [-0.2, -0.15) is 0 Å². The lowest BCUT2D eigenvalue weighted by Gasteiger charge is -2.29. The maximum absolute atomic E-state index is 13.5. The molecule has 0 N–H and O–H groups in total. The predicted octanol–water partition coefficient (Wildman–Crippen LogP) is 4.50. The molecule has 0 aliphatic carbocycles. The number of likely N-dealkylation sites (tertiary alicyclic amines) is 1. The van der Waals surface area contributed by atoms with E-state index in [1.807, 2.05) is 56.0 Å². The van der Waals surface area contributed by atoms with Gasteiger partial charge in [0.25, 0.3) is 5.56 Å². The number of benzene rings is 2. The van der Waals surface area contributed by atoms with Crippen LogP contribution in [0.1, 0.15) is 37.3 Å². The van der Waals surface area contributed by atoms with E-state index in [2.05, 4.69) is 6.07 Å². The van der Waals surface area contributed by atoms with Crippen molar-refractivity contribution in [1.82, 2.24) is 14.5 Å². The molecule has 4 rings (SSSR count). The Bertz CT molecular complexity index is 1150. The maximum atomic E-state index is 13.5. The van der Waals surface area contributed by atoms with Crippen molar-refractivity contribution in [2.45, 2.75) is 50.4 Å². The molecule has 1 atom stereocenters. The minimum Gasteiger partial charge on any atom is -0.342 e. The minimum absolute atomic E-state index is 0.104. The van der Waals surface area contributed by atoms with Crippen LogP contribution in [0, 0.1) is 13.8 Å². The molecule has 30 heavy (non-hydrogen) atoms. The molecule has 1 aromatic heterocycles. The average molecular weight is 422 g/mol. The Kier molecular flexibility index (Phi) is 5.95. The fourth-order valence-electron chi connectivity index (χ4n) is 4.04. The minimum atomic E-state index is -0.312. The Hall–Kier alpha value is -2.60. The predicted molar refractivity (Wildman–Crippen MR) is 123 cm³/mol. The van der Waals surface area contributed by atoms with Crippen molar-refractivity contribution in [3.63, 3.8) is 0 Å². The summed E-state index contributed by atoms with van der Waals surface area (Å²) in [5, 5.41) is 0.827. The van der Waals surface area contributed by atoms with Crippen LogP contribution in [0.2, 0.25) is 0 Å². The van der Waals surface area contributed by atoms with E-state index in [0.717, 1.165) is 42.7 Å². The van der Waals surface area contributed by atoms with Crippen molar-refractivity contribution in [2.24, 2.45) is 0 Å². The second kappa shape index (κ2) is 8.64. The number of aromatic nitrogens is 2. The second-order valence-corrected chi connectivity index (χ2v) is 9.30. The number of fused-ring (bicyclic) bond motifs is 1. The zero-order valence-electron chi connectivity index (χ0n) is 17.7. The van der Waals surface area contributed by atoms with E-state index in [0.29, 0.717) is 16.1 Å². The third-order valence-electron chi connectivity index (χ3n) is 5.64. The third kappa shape index (κ3) is 4.01. The van der Waals surface area contributed by atoms with Crippen molar-refractivity contribution in [1.29, 1.82) is 0 Å². The number of carbonyl (C=O) groups is 1. The molecular weight excluding hydrogens is 394 g/mol. The summed E-state index contributed by atoms with van der Waals surface area (Å²) in [4.78, 5) is 33.2. The second-order valence-electron chi connectivity index (χ2n) is 7.99. The summed E-state index contributed by atoms with van der Waals surface area (Å²) in [6.07, 6.45) is 3.30. The highest BCUT2D eigenvalue weighted by Gasteiger charge is 2.25. The van der Waals surface area contributed by atoms with E-state index < -0.39 is 0 Å². The SMILES string of the molecule is Cc1ccc(-n2c(S[C@@H](C)C(=O)N3CCCCC3)nc3ccccc3c2=O)c(C)c1. The number of nitrogens with zero attached hydrogens (tertiary/aromatic N) is 3.